The lowest BCUT2D eigenvalue weighted by atomic mass is 9.88. The zero-order valence-corrected chi connectivity index (χ0v) is 11.3. The summed E-state index contributed by atoms with van der Waals surface area (Å²) in [5.74, 6) is -1.18. The Morgan fingerprint density at radius 1 is 1.26 bits per heavy atom. The third-order valence-corrected chi connectivity index (χ3v) is 3.29. The van der Waals surface area contributed by atoms with Crippen LogP contribution < -0.4 is 16.0 Å². The van der Waals surface area contributed by atoms with E-state index in [0.29, 0.717) is 6.42 Å². The molecular weight excluding hydrogens is 250 g/mol. The van der Waals surface area contributed by atoms with Crippen molar-refractivity contribution in [3.8, 4) is 0 Å². The van der Waals surface area contributed by atoms with E-state index in [1.807, 2.05) is 0 Å². The van der Waals surface area contributed by atoms with Crippen molar-refractivity contribution in [1.29, 1.82) is 0 Å². The van der Waals surface area contributed by atoms with Gasteiger partial charge in [-0.15, -0.1) is 0 Å². The van der Waals surface area contributed by atoms with Gasteiger partial charge in [0, 0.05) is 12.6 Å². The third kappa shape index (κ3) is 5.15. The van der Waals surface area contributed by atoms with Crippen molar-refractivity contribution >= 4 is 17.9 Å². The topological polar surface area (TPSA) is 108 Å². The van der Waals surface area contributed by atoms with Gasteiger partial charge in [0.1, 0.15) is 0 Å². The molecule has 0 aromatic rings. The molecule has 1 atom stereocenters. The van der Waals surface area contributed by atoms with Crippen LogP contribution in [0.2, 0.25) is 0 Å². The number of urea groups is 1. The Morgan fingerprint density at radius 2 is 1.89 bits per heavy atom. The normalized spacial score (nSPS) is 17.2. The van der Waals surface area contributed by atoms with E-state index in [4.69, 9.17) is 5.11 Å². The maximum Gasteiger partial charge on any atom is 0.315 e. The van der Waals surface area contributed by atoms with Crippen LogP contribution in [0.5, 0.6) is 0 Å². The van der Waals surface area contributed by atoms with Crippen LogP contribution in [0.25, 0.3) is 0 Å². The van der Waals surface area contributed by atoms with E-state index in [9.17, 15) is 14.4 Å². The van der Waals surface area contributed by atoms with E-state index in [1.54, 1.807) is 13.8 Å². The Balaban J connectivity index is 2.22. The number of carboxylic acid groups (broad SMARTS) is 1. The molecule has 0 aromatic heterocycles. The third-order valence-electron chi connectivity index (χ3n) is 3.29. The summed E-state index contributed by atoms with van der Waals surface area (Å²) in [6.07, 6.45) is 2.39. The van der Waals surface area contributed by atoms with Crippen LogP contribution in [0.15, 0.2) is 0 Å². The minimum Gasteiger partial charge on any atom is -0.481 e. The highest BCUT2D eigenvalue weighted by molar-refractivity contribution is 5.84. The summed E-state index contributed by atoms with van der Waals surface area (Å²) >= 11 is 0. The molecule has 3 amide bonds. The van der Waals surface area contributed by atoms with Crippen molar-refractivity contribution in [2.75, 3.05) is 13.1 Å². The largest absolute Gasteiger partial charge is 0.481 e. The molecule has 1 rings (SSSR count). The van der Waals surface area contributed by atoms with E-state index in [0.717, 1.165) is 12.8 Å². The SMILES string of the molecule is CCC(C)(CNC(=O)NCC(=O)NC1CC1)C(=O)O. The van der Waals surface area contributed by atoms with Gasteiger partial charge in [-0.3, -0.25) is 9.59 Å². The molecule has 0 aliphatic heterocycles. The average molecular weight is 271 g/mol. The Bertz CT molecular complexity index is 368. The number of nitrogens with one attached hydrogen (secondary N) is 3. The van der Waals surface area contributed by atoms with Gasteiger partial charge in [-0.1, -0.05) is 6.92 Å². The molecule has 4 N–H and O–H groups in total. The molecule has 0 saturated heterocycles. The summed E-state index contributed by atoms with van der Waals surface area (Å²) in [5.41, 5.74) is -0.992. The van der Waals surface area contributed by atoms with Crippen molar-refractivity contribution in [2.45, 2.75) is 39.2 Å². The molecule has 1 fully saturated rings. The first kappa shape index (κ1) is 15.3. The molecule has 0 bridgehead atoms. The molecule has 7 heteroatoms. The van der Waals surface area contributed by atoms with Gasteiger partial charge in [-0.2, -0.15) is 0 Å². The van der Waals surface area contributed by atoms with Crippen LogP contribution in [0.1, 0.15) is 33.1 Å². The Kier molecular flexibility index (Phi) is 5.14. The number of hydrogen-bond acceptors (Lipinski definition) is 3. The van der Waals surface area contributed by atoms with Crippen molar-refractivity contribution in [1.82, 2.24) is 16.0 Å². The van der Waals surface area contributed by atoms with Gasteiger partial charge < -0.3 is 21.1 Å². The summed E-state index contributed by atoms with van der Waals surface area (Å²) < 4.78 is 0. The summed E-state index contributed by atoms with van der Waals surface area (Å²) in [5, 5.41) is 16.6. The number of hydrogen-bond donors (Lipinski definition) is 4. The molecule has 1 aliphatic rings. The Hall–Kier alpha value is -1.79. The van der Waals surface area contributed by atoms with E-state index < -0.39 is 17.4 Å². The molecule has 0 spiro atoms. The maximum absolute atomic E-state index is 11.4. The van der Waals surface area contributed by atoms with Gasteiger partial charge in [0.2, 0.25) is 5.91 Å². The monoisotopic (exact) mass is 271 g/mol. The van der Waals surface area contributed by atoms with Gasteiger partial charge in [0.05, 0.1) is 12.0 Å². The molecular formula is C12H21N3O4. The van der Waals surface area contributed by atoms with Crippen LogP contribution in [-0.2, 0) is 9.59 Å². The van der Waals surface area contributed by atoms with Crippen LogP contribution in [0.4, 0.5) is 4.79 Å². The number of carbonyl (C=O) groups excluding carboxylic acids is 2. The Labute approximate surface area is 112 Å². The molecule has 108 valence electrons. The summed E-state index contributed by atoms with van der Waals surface area (Å²) in [6.45, 7) is 3.24. The highest BCUT2D eigenvalue weighted by atomic mass is 16.4. The van der Waals surface area contributed by atoms with Crippen LogP contribution in [-0.4, -0.2) is 42.1 Å². The van der Waals surface area contributed by atoms with Crippen LogP contribution in [0, 0.1) is 5.41 Å². The smallest absolute Gasteiger partial charge is 0.315 e. The first-order chi connectivity index (χ1) is 8.87. The summed E-state index contributed by atoms with van der Waals surface area (Å²) in [4.78, 5) is 33.8. The molecule has 1 aliphatic carbocycles. The lowest BCUT2D eigenvalue weighted by molar-refractivity contribution is -0.147. The molecule has 1 unspecified atom stereocenters. The summed E-state index contributed by atoms with van der Waals surface area (Å²) in [6, 6.07) is -0.278. The lowest BCUT2D eigenvalue weighted by Gasteiger charge is -2.23. The molecule has 0 aromatic carbocycles. The number of carboxylic acids is 1. The number of carbonyl (C=O) groups is 3. The zero-order chi connectivity index (χ0) is 14.5. The fourth-order valence-corrected chi connectivity index (χ4v) is 1.36. The van der Waals surface area contributed by atoms with Crippen LogP contribution in [0.3, 0.4) is 0 Å². The van der Waals surface area contributed by atoms with Crippen molar-refractivity contribution < 1.29 is 19.5 Å². The number of amides is 3. The Morgan fingerprint density at radius 3 is 2.37 bits per heavy atom. The molecule has 7 nitrogen and oxygen atoms in total. The zero-order valence-electron chi connectivity index (χ0n) is 11.3. The second-order valence-corrected chi connectivity index (χ2v) is 5.10. The van der Waals surface area contributed by atoms with Gasteiger partial charge in [-0.05, 0) is 26.2 Å². The maximum atomic E-state index is 11.4. The first-order valence-corrected chi connectivity index (χ1v) is 6.42. The molecule has 0 heterocycles. The molecule has 1 saturated carbocycles. The standard InChI is InChI=1S/C12H21N3O4/c1-3-12(2,10(17)18)7-14-11(19)13-6-9(16)15-8-4-5-8/h8H,3-7H2,1-2H3,(H,15,16)(H,17,18)(H2,13,14,19). The van der Waals surface area contributed by atoms with E-state index in [-0.39, 0.29) is 25.0 Å². The minimum absolute atomic E-state index is 0.0227. The quantitative estimate of drug-likeness (QED) is 0.525. The van der Waals surface area contributed by atoms with Crippen molar-refractivity contribution in [2.24, 2.45) is 5.41 Å². The lowest BCUT2D eigenvalue weighted by Crippen LogP contribution is -2.47. The fraction of sp³-hybridized carbons (Fsp3) is 0.750. The fourth-order valence-electron chi connectivity index (χ4n) is 1.36. The van der Waals surface area contributed by atoms with E-state index in [1.165, 1.54) is 0 Å². The van der Waals surface area contributed by atoms with Crippen LogP contribution >= 0.6 is 0 Å². The summed E-state index contributed by atoms with van der Waals surface area (Å²) in [7, 11) is 0. The molecule has 19 heavy (non-hydrogen) atoms. The molecule has 0 radical (unpaired) electrons. The number of rotatable bonds is 7. The van der Waals surface area contributed by atoms with E-state index in [2.05, 4.69) is 16.0 Å². The predicted molar refractivity (Wildman–Crippen MR) is 68.6 cm³/mol. The second kappa shape index (κ2) is 6.40. The van der Waals surface area contributed by atoms with Crippen molar-refractivity contribution in [3.63, 3.8) is 0 Å². The highest BCUT2D eigenvalue weighted by Gasteiger charge is 2.31. The van der Waals surface area contributed by atoms with E-state index >= 15 is 0 Å². The van der Waals surface area contributed by atoms with Gasteiger partial charge in [-0.25, -0.2) is 4.79 Å². The predicted octanol–water partition coefficient (Wildman–Crippen LogP) is 0.0651. The highest BCUT2D eigenvalue weighted by Crippen LogP contribution is 2.19. The van der Waals surface area contributed by atoms with Crippen molar-refractivity contribution in [3.05, 3.63) is 0 Å². The second-order valence-electron chi connectivity index (χ2n) is 5.10. The minimum atomic E-state index is -0.992. The van der Waals surface area contributed by atoms with Gasteiger partial charge in [0.25, 0.3) is 0 Å². The average Bonchev–Trinajstić information content (AvgIpc) is 3.17. The van der Waals surface area contributed by atoms with Gasteiger partial charge >= 0.3 is 12.0 Å². The van der Waals surface area contributed by atoms with Gasteiger partial charge in [0.15, 0.2) is 0 Å². The number of aliphatic carboxylic acids is 1. The first-order valence-electron chi connectivity index (χ1n) is 6.42.